The third-order valence-corrected chi connectivity index (χ3v) is 4.97. The summed E-state index contributed by atoms with van der Waals surface area (Å²) in [5, 5.41) is 3.87. The summed E-state index contributed by atoms with van der Waals surface area (Å²) in [5.41, 5.74) is 0.463. The number of hydrogen-bond acceptors (Lipinski definition) is 3. The molecule has 2 aliphatic rings. The van der Waals surface area contributed by atoms with E-state index >= 15 is 0 Å². The molecule has 1 saturated heterocycles. The monoisotopic (exact) mass is 296 g/mol. The van der Waals surface area contributed by atoms with Crippen molar-refractivity contribution in [2.75, 3.05) is 26.8 Å². The van der Waals surface area contributed by atoms with Crippen LogP contribution in [-0.4, -0.2) is 49.7 Å². The molecule has 2 unspecified atom stereocenters. The lowest BCUT2D eigenvalue weighted by Gasteiger charge is -2.42. The molecule has 0 bridgehead atoms. The van der Waals surface area contributed by atoms with Gasteiger partial charge in [0.25, 0.3) is 0 Å². The first-order chi connectivity index (χ1) is 9.89. The van der Waals surface area contributed by atoms with Gasteiger partial charge in [-0.1, -0.05) is 20.8 Å². The molecule has 1 aliphatic carbocycles. The van der Waals surface area contributed by atoms with E-state index in [0.29, 0.717) is 17.5 Å². The van der Waals surface area contributed by atoms with Gasteiger partial charge in [0, 0.05) is 32.3 Å². The van der Waals surface area contributed by atoms with Gasteiger partial charge in [-0.15, -0.1) is 0 Å². The van der Waals surface area contributed by atoms with Crippen LogP contribution in [0.2, 0.25) is 0 Å². The van der Waals surface area contributed by atoms with Crippen molar-refractivity contribution in [3.8, 4) is 0 Å². The topological polar surface area (TPSA) is 41.6 Å². The van der Waals surface area contributed by atoms with Crippen molar-refractivity contribution in [1.29, 1.82) is 0 Å². The van der Waals surface area contributed by atoms with E-state index in [0.717, 1.165) is 31.8 Å². The van der Waals surface area contributed by atoms with E-state index in [-0.39, 0.29) is 12.5 Å². The van der Waals surface area contributed by atoms with E-state index in [2.05, 4.69) is 26.1 Å². The summed E-state index contributed by atoms with van der Waals surface area (Å²) in [6.45, 7) is 9.11. The molecule has 2 rings (SSSR count). The zero-order valence-electron chi connectivity index (χ0n) is 14.2. The van der Waals surface area contributed by atoms with Gasteiger partial charge in [-0.05, 0) is 43.4 Å². The van der Waals surface area contributed by atoms with Crippen LogP contribution < -0.4 is 5.32 Å². The summed E-state index contributed by atoms with van der Waals surface area (Å²) in [6, 6.07) is 1.22. The van der Waals surface area contributed by atoms with Crippen molar-refractivity contribution >= 4 is 5.91 Å². The maximum absolute atomic E-state index is 11.8. The standard InChI is InChI=1S/C17H32N2O2/c1-13-9-15(11-17(2,3)10-13)18-14-5-7-19(8-6-14)16(20)12-21-4/h13-15,18H,5-12H2,1-4H3. The molecule has 0 radical (unpaired) electrons. The number of carbonyl (C=O) groups is 1. The normalized spacial score (nSPS) is 30.4. The highest BCUT2D eigenvalue weighted by atomic mass is 16.5. The fourth-order valence-corrected chi connectivity index (χ4v) is 4.32. The Bertz CT molecular complexity index is 349. The van der Waals surface area contributed by atoms with Crippen molar-refractivity contribution in [3.63, 3.8) is 0 Å². The first-order valence-electron chi connectivity index (χ1n) is 8.42. The maximum atomic E-state index is 11.8. The second-order valence-corrected chi connectivity index (χ2v) is 7.86. The summed E-state index contributed by atoms with van der Waals surface area (Å²) in [7, 11) is 1.58. The van der Waals surface area contributed by atoms with Crippen molar-refractivity contribution < 1.29 is 9.53 Å². The summed E-state index contributed by atoms with van der Waals surface area (Å²) in [4.78, 5) is 13.7. The van der Waals surface area contributed by atoms with Gasteiger partial charge in [0.15, 0.2) is 0 Å². The van der Waals surface area contributed by atoms with Crippen molar-refractivity contribution in [2.45, 2.75) is 65.0 Å². The molecule has 122 valence electrons. The largest absolute Gasteiger partial charge is 0.375 e. The van der Waals surface area contributed by atoms with E-state index in [1.165, 1.54) is 19.3 Å². The zero-order chi connectivity index (χ0) is 15.5. The van der Waals surface area contributed by atoms with Crippen LogP contribution in [0.25, 0.3) is 0 Å². The van der Waals surface area contributed by atoms with Crippen LogP contribution in [0.5, 0.6) is 0 Å². The van der Waals surface area contributed by atoms with Gasteiger partial charge in [0.1, 0.15) is 6.61 Å². The minimum atomic E-state index is 0.128. The van der Waals surface area contributed by atoms with E-state index in [4.69, 9.17) is 4.74 Å². The second kappa shape index (κ2) is 7.10. The number of rotatable bonds is 4. The summed E-state index contributed by atoms with van der Waals surface area (Å²) in [5.74, 6) is 0.943. The van der Waals surface area contributed by atoms with Gasteiger partial charge >= 0.3 is 0 Å². The number of carbonyl (C=O) groups excluding carboxylic acids is 1. The molecule has 2 fully saturated rings. The Hall–Kier alpha value is -0.610. The zero-order valence-corrected chi connectivity index (χ0v) is 14.2. The Morgan fingerprint density at radius 2 is 1.90 bits per heavy atom. The van der Waals surface area contributed by atoms with Crippen LogP contribution >= 0.6 is 0 Å². The molecule has 4 nitrogen and oxygen atoms in total. The Morgan fingerprint density at radius 1 is 1.24 bits per heavy atom. The first-order valence-corrected chi connectivity index (χ1v) is 8.42. The first kappa shape index (κ1) is 16.8. The average Bonchev–Trinajstić information content (AvgIpc) is 2.37. The Kier molecular flexibility index (Phi) is 5.67. The van der Waals surface area contributed by atoms with Crippen LogP contribution in [0, 0.1) is 11.3 Å². The number of methoxy groups -OCH3 is 1. The van der Waals surface area contributed by atoms with Crippen molar-refractivity contribution in [2.24, 2.45) is 11.3 Å². The number of ether oxygens (including phenoxy) is 1. The summed E-state index contributed by atoms with van der Waals surface area (Å²) in [6.07, 6.45) is 6.06. The van der Waals surface area contributed by atoms with Gasteiger partial charge in [-0.25, -0.2) is 0 Å². The number of amides is 1. The Labute approximate surface area is 129 Å². The fraction of sp³-hybridized carbons (Fsp3) is 0.941. The predicted octanol–water partition coefficient (Wildman–Crippen LogP) is 2.43. The third kappa shape index (κ3) is 4.96. The average molecular weight is 296 g/mol. The molecule has 0 spiro atoms. The lowest BCUT2D eigenvalue weighted by Crippen LogP contribution is -2.50. The molecule has 1 heterocycles. The highest BCUT2D eigenvalue weighted by molar-refractivity contribution is 5.77. The van der Waals surface area contributed by atoms with Crippen LogP contribution in [-0.2, 0) is 9.53 Å². The molecular weight excluding hydrogens is 264 g/mol. The van der Waals surface area contributed by atoms with Crippen LogP contribution in [0.4, 0.5) is 0 Å². The number of hydrogen-bond donors (Lipinski definition) is 1. The molecule has 0 aromatic rings. The highest BCUT2D eigenvalue weighted by Gasteiger charge is 2.33. The maximum Gasteiger partial charge on any atom is 0.248 e. The van der Waals surface area contributed by atoms with Crippen molar-refractivity contribution in [3.05, 3.63) is 0 Å². The number of nitrogens with zero attached hydrogens (tertiary/aromatic N) is 1. The number of piperidine rings is 1. The van der Waals surface area contributed by atoms with Crippen LogP contribution in [0.15, 0.2) is 0 Å². The fourth-order valence-electron chi connectivity index (χ4n) is 4.32. The van der Waals surface area contributed by atoms with E-state index in [1.807, 2.05) is 4.90 Å². The molecular formula is C17H32N2O2. The molecule has 1 saturated carbocycles. The molecule has 2 atom stereocenters. The molecule has 1 N–H and O–H groups in total. The van der Waals surface area contributed by atoms with E-state index in [9.17, 15) is 4.79 Å². The smallest absolute Gasteiger partial charge is 0.248 e. The molecule has 21 heavy (non-hydrogen) atoms. The second-order valence-electron chi connectivity index (χ2n) is 7.86. The SMILES string of the molecule is COCC(=O)N1CCC(NC2CC(C)CC(C)(C)C2)CC1. The Balaban J connectivity index is 1.77. The third-order valence-electron chi connectivity index (χ3n) is 4.97. The lowest BCUT2D eigenvalue weighted by molar-refractivity contribution is -0.136. The van der Waals surface area contributed by atoms with Gasteiger partial charge in [-0.3, -0.25) is 4.79 Å². The van der Waals surface area contributed by atoms with Crippen LogP contribution in [0.1, 0.15) is 52.9 Å². The molecule has 0 aromatic carbocycles. The van der Waals surface area contributed by atoms with Gasteiger partial charge in [-0.2, -0.15) is 0 Å². The Morgan fingerprint density at radius 3 is 2.48 bits per heavy atom. The number of likely N-dealkylation sites (tertiary alicyclic amines) is 1. The summed E-state index contributed by atoms with van der Waals surface area (Å²) >= 11 is 0. The van der Waals surface area contributed by atoms with Gasteiger partial charge < -0.3 is 15.0 Å². The minimum Gasteiger partial charge on any atom is -0.375 e. The van der Waals surface area contributed by atoms with E-state index < -0.39 is 0 Å². The number of nitrogens with one attached hydrogen (secondary N) is 1. The predicted molar refractivity (Wildman–Crippen MR) is 85.2 cm³/mol. The van der Waals surface area contributed by atoms with E-state index in [1.54, 1.807) is 7.11 Å². The van der Waals surface area contributed by atoms with Gasteiger partial charge in [0.05, 0.1) is 0 Å². The molecule has 0 aromatic heterocycles. The molecule has 1 aliphatic heterocycles. The van der Waals surface area contributed by atoms with Crippen LogP contribution in [0.3, 0.4) is 0 Å². The highest BCUT2D eigenvalue weighted by Crippen LogP contribution is 2.38. The van der Waals surface area contributed by atoms with Crippen molar-refractivity contribution in [1.82, 2.24) is 10.2 Å². The minimum absolute atomic E-state index is 0.128. The molecule has 4 heteroatoms. The van der Waals surface area contributed by atoms with Gasteiger partial charge in [0.2, 0.25) is 5.91 Å². The lowest BCUT2D eigenvalue weighted by atomic mass is 9.70. The summed E-state index contributed by atoms with van der Waals surface area (Å²) < 4.78 is 4.93. The molecule has 1 amide bonds. The quantitative estimate of drug-likeness (QED) is 0.866.